The van der Waals surface area contributed by atoms with Crippen LogP contribution in [0.5, 0.6) is 0 Å². The lowest BCUT2D eigenvalue weighted by molar-refractivity contribution is -0.318. The van der Waals surface area contributed by atoms with Crippen molar-refractivity contribution in [1.29, 1.82) is 0 Å². The van der Waals surface area contributed by atoms with Crippen LogP contribution in [0.2, 0.25) is 0 Å². The van der Waals surface area contributed by atoms with Gasteiger partial charge in [-0.05, 0) is 91.5 Å². The Kier molecular flexibility index (Phi) is 15.1. The molecule has 0 radical (unpaired) electrons. The smallest absolute Gasteiger partial charge is 0.311 e. The number of aliphatic hydroxyl groups is 4. The first-order chi connectivity index (χ1) is 26.6. The van der Waals surface area contributed by atoms with Crippen LogP contribution in [0.25, 0.3) is 0 Å². The number of hydrogen-bond donors (Lipinski definition) is 4. The third kappa shape index (κ3) is 9.78. The Bertz CT molecular complexity index is 1490. The minimum absolute atomic E-state index is 0.0809. The molecule has 4 aliphatic rings. The predicted octanol–water partition coefficient (Wildman–Crippen LogP) is 4.96. The largest absolute Gasteiger partial charge is 0.459 e. The van der Waals surface area contributed by atoms with Gasteiger partial charge in [-0.15, -0.1) is 0 Å². The minimum Gasteiger partial charge on any atom is -0.459 e. The van der Waals surface area contributed by atoms with Crippen LogP contribution < -0.4 is 0 Å². The number of methoxy groups -OCH3 is 1. The van der Waals surface area contributed by atoms with Gasteiger partial charge in [0.15, 0.2) is 12.6 Å². The molecule has 4 saturated heterocycles. The lowest BCUT2D eigenvalue weighted by Crippen LogP contribution is -2.60. The van der Waals surface area contributed by atoms with Crippen LogP contribution in [-0.2, 0) is 44.5 Å². The third-order valence-electron chi connectivity index (χ3n) is 13.6. The molecule has 0 saturated carbocycles. The van der Waals surface area contributed by atoms with Gasteiger partial charge in [-0.3, -0.25) is 9.69 Å². The molecule has 13 nitrogen and oxygen atoms in total. The van der Waals surface area contributed by atoms with Gasteiger partial charge < -0.3 is 53.6 Å². The highest BCUT2D eigenvalue weighted by Gasteiger charge is 2.59. The molecule has 0 unspecified atom stereocenters. The summed E-state index contributed by atoms with van der Waals surface area (Å²) in [6.45, 7) is 19.0. The number of fused-ring (bicyclic) bond motifs is 2. The highest BCUT2D eigenvalue weighted by molar-refractivity contribution is 9.10. The van der Waals surface area contributed by atoms with Crippen molar-refractivity contribution in [2.24, 2.45) is 23.7 Å². The number of rotatable bonds is 11. The molecule has 4 N–H and O–H groups in total. The molecule has 4 aliphatic heterocycles. The Labute approximate surface area is 348 Å². The number of benzene rings is 1. The molecule has 0 spiro atoms. The van der Waals surface area contributed by atoms with E-state index in [1.54, 1.807) is 27.7 Å². The first kappa shape index (κ1) is 46.8. The third-order valence-corrected chi connectivity index (χ3v) is 14.1. The van der Waals surface area contributed by atoms with Crippen LogP contribution in [0.4, 0.5) is 0 Å². The van der Waals surface area contributed by atoms with E-state index in [9.17, 15) is 25.2 Å². The van der Waals surface area contributed by atoms with Crippen LogP contribution in [-0.4, -0.2) is 136 Å². The summed E-state index contributed by atoms with van der Waals surface area (Å²) in [6.07, 6.45) is -7.79. The second-order valence-electron chi connectivity index (χ2n) is 18.3. The van der Waals surface area contributed by atoms with Gasteiger partial charge in [-0.2, -0.15) is 0 Å². The van der Waals surface area contributed by atoms with Gasteiger partial charge >= 0.3 is 5.97 Å². The molecule has 326 valence electrons. The zero-order valence-corrected chi connectivity index (χ0v) is 37.5. The summed E-state index contributed by atoms with van der Waals surface area (Å²) in [5.41, 5.74) is -2.69. The van der Waals surface area contributed by atoms with Crippen LogP contribution in [0, 0.1) is 23.7 Å². The molecule has 1 aromatic carbocycles. The summed E-state index contributed by atoms with van der Waals surface area (Å²) in [5.74, 6) is -2.78. The molecule has 57 heavy (non-hydrogen) atoms. The van der Waals surface area contributed by atoms with Gasteiger partial charge in [0, 0.05) is 42.4 Å². The lowest BCUT2D eigenvalue weighted by atomic mass is 9.76. The standard InChI is InChI=1S/C43H70BrNO12/c1-13-31(46)43(10,50)38-24(4)34-22(2)19-42(9,57-34)37(56-40-33(47)30(18-23(3)52-40)45(11)21-28-14-16-29(44)17-15-28)25(5)35(26(6)39(49)55-38)54-32-20-41(8,51-12)36(48)27(7)53-32/h14-17,22-27,30-38,40,46-48,50H,13,18-21H2,1-12H3/t22-,23-,24+,25+,26-,27+,30+,31-,32+,33-,34+,35+,36+,37-,38-,40+,41-,42-,43-/m1/s1. The SMILES string of the molecule is CC[C@@H](O)[C@@](C)(O)[C@@H]1OC(=O)[C@H](C)[C@@H](O[C@H]2C[C@@](C)(OC)[C@@H](O)[C@H](C)O2)[C@H](C)[C@@H](O[C@@H]2O[C@H](C)C[C@H](N(C)Cc3ccc(Br)cc3)[C@H]2O)[C@@]2(C)C[C@@H](C)[C@H](O2)[C@@H]1C. The number of aliphatic hydroxyl groups excluding tert-OH is 3. The number of carbonyl (C=O) groups excluding carboxylic acids is 1. The number of cyclic esters (lactones) is 1. The maximum Gasteiger partial charge on any atom is 0.311 e. The summed E-state index contributed by atoms with van der Waals surface area (Å²) >= 11 is 3.51. The Morgan fingerprint density at radius 1 is 1.02 bits per heavy atom. The Morgan fingerprint density at radius 2 is 1.67 bits per heavy atom. The fraction of sp³-hybridized carbons (Fsp3) is 0.837. The highest BCUT2D eigenvalue weighted by Crippen LogP contribution is 2.48. The van der Waals surface area contributed by atoms with E-state index in [1.807, 2.05) is 46.9 Å². The van der Waals surface area contributed by atoms with Crippen molar-refractivity contribution < 1.29 is 58.4 Å². The number of hydrogen-bond acceptors (Lipinski definition) is 13. The van der Waals surface area contributed by atoms with Crippen molar-refractivity contribution in [3.05, 3.63) is 34.3 Å². The second kappa shape index (κ2) is 18.4. The van der Waals surface area contributed by atoms with Gasteiger partial charge in [-0.1, -0.05) is 55.8 Å². The summed E-state index contributed by atoms with van der Waals surface area (Å²) < 4.78 is 46.7. The van der Waals surface area contributed by atoms with E-state index in [2.05, 4.69) is 39.9 Å². The second-order valence-corrected chi connectivity index (χ2v) is 19.3. The summed E-state index contributed by atoms with van der Waals surface area (Å²) in [7, 11) is 3.52. The maximum atomic E-state index is 14.4. The van der Waals surface area contributed by atoms with Crippen LogP contribution in [0.3, 0.4) is 0 Å². The Balaban J connectivity index is 1.55. The van der Waals surface area contributed by atoms with Crippen molar-refractivity contribution >= 4 is 21.9 Å². The van der Waals surface area contributed by atoms with Crippen molar-refractivity contribution in [3.63, 3.8) is 0 Å². The first-order valence-corrected chi connectivity index (χ1v) is 21.6. The van der Waals surface area contributed by atoms with Crippen LogP contribution in [0.1, 0.15) is 100 Å². The predicted molar refractivity (Wildman–Crippen MR) is 216 cm³/mol. The van der Waals surface area contributed by atoms with Gasteiger partial charge in [0.05, 0.1) is 53.7 Å². The number of esters is 1. The molecule has 19 atom stereocenters. The molecule has 14 heteroatoms. The molecular weight excluding hydrogens is 802 g/mol. The molecule has 5 rings (SSSR count). The van der Waals surface area contributed by atoms with Crippen LogP contribution in [0.15, 0.2) is 28.7 Å². The van der Waals surface area contributed by atoms with Crippen molar-refractivity contribution in [2.45, 2.75) is 192 Å². The molecule has 0 aromatic heterocycles. The molecule has 4 fully saturated rings. The minimum atomic E-state index is -1.80. The zero-order valence-electron chi connectivity index (χ0n) is 36.0. The molecule has 1 aromatic rings. The average Bonchev–Trinajstić information content (AvgIpc) is 3.48. The topological polar surface area (TPSA) is 166 Å². The van der Waals surface area contributed by atoms with Crippen molar-refractivity contribution in [2.75, 3.05) is 14.2 Å². The Hall–Kier alpha value is -1.27. The molecule has 0 amide bonds. The van der Waals surface area contributed by atoms with E-state index in [1.165, 1.54) is 14.0 Å². The Morgan fingerprint density at radius 3 is 2.28 bits per heavy atom. The first-order valence-electron chi connectivity index (χ1n) is 20.8. The van der Waals surface area contributed by atoms with E-state index >= 15 is 0 Å². The lowest BCUT2D eigenvalue weighted by Gasteiger charge is -2.48. The van der Waals surface area contributed by atoms with E-state index in [-0.39, 0.29) is 30.9 Å². The monoisotopic (exact) mass is 871 g/mol. The fourth-order valence-electron chi connectivity index (χ4n) is 10.1. The normalized spacial score (nSPS) is 44.9. The van der Waals surface area contributed by atoms with Crippen molar-refractivity contribution in [3.8, 4) is 0 Å². The van der Waals surface area contributed by atoms with E-state index in [0.29, 0.717) is 19.4 Å². The zero-order chi connectivity index (χ0) is 42.4. The number of nitrogens with zero attached hydrogens (tertiary/aromatic N) is 1. The van der Waals surface area contributed by atoms with Gasteiger partial charge in [0.25, 0.3) is 0 Å². The van der Waals surface area contributed by atoms with Crippen LogP contribution >= 0.6 is 15.9 Å². The average molecular weight is 873 g/mol. The molecule has 4 heterocycles. The summed E-state index contributed by atoms with van der Waals surface area (Å²) in [4.78, 5) is 16.6. The van der Waals surface area contributed by atoms with E-state index in [0.717, 1.165) is 10.0 Å². The summed E-state index contributed by atoms with van der Waals surface area (Å²) in [5, 5.41) is 46.0. The maximum absolute atomic E-state index is 14.4. The van der Waals surface area contributed by atoms with Gasteiger partial charge in [0.1, 0.15) is 23.9 Å². The van der Waals surface area contributed by atoms with E-state index in [4.69, 9.17) is 33.2 Å². The quantitative estimate of drug-likeness (QED) is 0.221. The molecular formula is C43H70BrNO12. The number of carbonyl (C=O) groups is 1. The molecule has 2 bridgehead atoms. The van der Waals surface area contributed by atoms with E-state index < -0.39 is 102 Å². The van der Waals surface area contributed by atoms with Crippen molar-refractivity contribution in [1.82, 2.24) is 4.90 Å². The number of likely N-dealkylation sites (N-methyl/N-ethyl adjacent to an activating group) is 1. The fourth-order valence-corrected chi connectivity index (χ4v) is 10.4. The number of ether oxygens (including phenoxy) is 7. The summed E-state index contributed by atoms with van der Waals surface area (Å²) in [6, 6.07) is 7.81. The van der Waals surface area contributed by atoms with Gasteiger partial charge in [0.2, 0.25) is 0 Å². The number of halogens is 1. The molecule has 0 aliphatic carbocycles. The highest BCUT2D eigenvalue weighted by atomic mass is 79.9. The van der Waals surface area contributed by atoms with Gasteiger partial charge in [-0.25, -0.2) is 0 Å².